The highest BCUT2D eigenvalue weighted by atomic mass is 16.4. The molecule has 0 bridgehead atoms. The van der Waals surface area contributed by atoms with Crippen LogP contribution in [0.1, 0.15) is 50.5 Å². The van der Waals surface area contributed by atoms with E-state index >= 15 is 0 Å². The molecule has 4 amide bonds. The summed E-state index contributed by atoms with van der Waals surface area (Å²) in [7, 11) is 0. The van der Waals surface area contributed by atoms with Crippen LogP contribution in [0, 0.1) is 0 Å². The molecule has 15 N–H and O–H groups in total. The molecule has 1 rings (SSSR count). The number of primary amides is 1. The van der Waals surface area contributed by atoms with Gasteiger partial charge in [0.25, 0.3) is 0 Å². The van der Waals surface area contributed by atoms with Crippen LogP contribution in [-0.2, 0) is 30.4 Å². The number of amides is 4. The number of guanidine groups is 1. The van der Waals surface area contributed by atoms with Gasteiger partial charge in [-0.15, -0.1) is 0 Å². The number of carbonyl (C=O) groups is 5. The average molecular weight is 594 g/mol. The van der Waals surface area contributed by atoms with Gasteiger partial charge in [-0.3, -0.25) is 24.2 Å². The fourth-order valence-electron chi connectivity index (χ4n) is 3.86. The molecule has 0 radical (unpaired) electrons. The van der Waals surface area contributed by atoms with E-state index in [1.807, 2.05) is 0 Å². The number of nitrogens with two attached hydrogens (primary N) is 5. The van der Waals surface area contributed by atoms with Crippen molar-refractivity contribution in [3.05, 3.63) is 29.8 Å². The number of hydrogen-bond acceptors (Lipinski definition) is 9. The highest BCUT2D eigenvalue weighted by Gasteiger charge is 2.30. The number of unbranched alkanes of at least 4 members (excludes halogenated alkanes) is 1. The van der Waals surface area contributed by atoms with Crippen molar-refractivity contribution < 1.29 is 34.2 Å². The van der Waals surface area contributed by atoms with Crippen molar-refractivity contribution in [2.45, 2.75) is 75.5 Å². The molecule has 0 aliphatic heterocycles. The molecular formula is C26H43N9O7. The van der Waals surface area contributed by atoms with Gasteiger partial charge in [-0.2, -0.15) is 0 Å². The summed E-state index contributed by atoms with van der Waals surface area (Å²) in [4.78, 5) is 66.2. The molecule has 0 aromatic heterocycles. The van der Waals surface area contributed by atoms with Crippen LogP contribution in [0.25, 0.3) is 0 Å². The predicted octanol–water partition coefficient (Wildman–Crippen LogP) is -2.75. The maximum absolute atomic E-state index is 13.2. The number of nitrogens with zero attached hydrogens (tertiary/aromatic N) is 1. The summed E-state index contributed by atoms with van der Waals surface area (Å²) in [5.41, 5.74) is 27.8. The third kappa shape index (κ3) is 14.3. The Hall–Kier alpha value is -4.44. The number of hydrogen-bond donors (Lipinski definition) is 10. The Kier molecular flexibility index (Phi) is 15.9. The van der Waals surface area contributed by atoms with Crippen LogP contribution in [-0.4, -0.2) is 83.0 Å². The second-order valence-electron chi connectivity index (χ2n) is 9.74. The third-order valence-electron chi connectivity index (χ3n) is 6.19. The van der Waals surface area contributed by atoms with Crippen LogP contribution in [0.5, 0.6) is 5.75 Å². The maximum Gasteiger partial charge on any atom is 0.326 e. The normalized spacial score (nSPS) is 13.6. The zero-order valence-corrected chi connectivity index (χ0v) is 23.5. The van der Waals surface area contributed by atoms with Crippen LogP contribution in [0.3, 0.4) is 0 Å². The van der Waals surface area contributed by atoms with Crippen LogP contribution < -0.4 is 44.6 Å². The second kappa shape index (κ2) is 18.8. The topological polar surface area (TPSA) is 304 Å². The van der Waals surface area contributed by atoms with Crippen molar-refractivity contribution in [1.82, 2.24) is 16.0 Å². The summed E-state index contributed by atoms with van der Waals surface area (Å²) < 4.78 is 0. The van der Waals surface area contributed by atoms with Crippen molar-refractivity contribution in [2.24, 2.45) is 33.7 Å². The van der Waals surface area contributed by atoms with E-state index in [0.29, 0.717) is 31.4 Å². The number of aromatic hydroxyl groups is 1. The van der Waals surface area contributed by atoms with Crippen LogP contribution >= 0.6 is 0 Å². The first kappa shape index (κ1) is 35.6. The minimum absolute atomic E-state index is 0.00206. The quantitative estimate of drug-likeness (QED) is 0.0419. The zero-order valence-electron chi connectivity index (χ0n) is 23.5. The molecule has 0 saturated heterocycles. The molecule has 1 aromatic rings. The van der Waals surface area contributed by atoms with Gasteiger partial charge in [-0.1, -0.05) is 12.1 Å². The number of carboxylic acid groups (broad SMARTS) is 1. The minimum Gasteiger partial charge on any atom is -0.508 e. The Morgan fingerprint density at radius 3 is 1.90 bits per heavy atom. The Morgan fingerprint density at radius 1 is 0.786 bits per heavy atom. The standard InChI is InChI=1S/C26H43N9O7/c27-12-2-1-5-18(23(39)35-20(25(41)42)14-15-6-8-16(36)9-7-15)34-24(40)19(10-11-21(29)37)33-22(38)17(28)4-3-13-32-26(30)31/h6-9,17-20,36H,1-5,10-14,27-28H2,(H2,29,37)(H,33,38)(H,34,40)(H,35,39)(H,41,42)(H4,30,31,32). The molecule has 234 valence electrons. The predicted molar refractivity (Wildman–Crippen MR) is 154 cm³/mol. The lowest BCUT2D eigenvalue weighted by molar-refractivity contribution is -0.142. The van der Waals surface area contributed by atoms with E-state index in [4.69, 9.17) is 28.7 Å². The first-order chi connectivity index (χ1) is 19.8. The van der Waals surface area contributed by atoms with Gasteiger partial charge < -0.3 is 54.8 Å². The monoisotopic (exact) mass is 593 g/mol. The SMILES string of the molecule is NCCCCC(NC(=O)C(CCC(N)=O)NC(=O)C(N)CCCN=C(N)N)C(=O)NC(Cc1ccc(O)cc1)C(=O)O. The summed E-state index contributed by atoms with van der Waals surface area (Å²) >= 11 is 0. The third-order valence-corrected chi connectivity index (χ3v) is 6.19. The molecule has 0 fully saturated rings. The number of benzene rings is 1. The Balaban J connectivity index is 3.01. The lowest BCUT2D eigenvalue weighted by atomic mass is 10.0. The van der Waals surface area contributed by atoms with E-state index in [9.17, 15) is 34.2 Å². The molecule has 0 aliphatic rings. The van der Waals surface area contributed by atoms with Gasteiger partial charge >= 0.3 is 5.97 Å². The largest absolute Gasteiger partial charge is 0.508 e. The summed E-state index contributed by atoms with van der Waals surface area (Å²) in [6.07, 6.45) is 1.20. The van der Waals surface area contributed by atoms with Gasteiger partial charge in [0.05, 0.1) is 6.04 Å². The van der Waals surface area contributed by atoms with Gasteiger partial charge in [0.15, 0.2) is 5.96 Å². The van der Waals surface area contributed by atoms with Crippen molar-refractivity contribution in [1.29, 1.82) is 0 Å². The van der Waals surface area contributed by atoms with E-state index < -0.39 is 53.8 Å². The number of aliphatic carboxylic acids is 1. The van der Waals surface area contributed by atoms with Crippen molar-refractivity contribution >= 4 is 35.6 Å². The van der Waals surface area contributed by atoms with Crippen molar-refractivity contribution in [2.75, 3.05) is 13.1 Å². The van der Waals surface area contributed by atoms with Gasteiger partial charge in [0.2, 0.25) is 23.6 Å². The molecule has 1 aromatic carbocycles. The lowest BCUT2D eigenvalue weighted by Gasteiger charge is -2.25. The summed E-state index contributed by atoms with van der Waals surface area (Å²) in [5, 5.41) is 26.6. The van der Waals surface area contributed by atoms with Gasteiger partial charge in [0, 0.05) is 19.4 Å². The summed E-state index contributed by atoms with van der Waals surface area (Å²) in [6.45, 7) is 0.581. The number of rotatable bonds is 20. The van der Waals surface area contributed by atoms with Crippen LogP contribution in [0.15, 0.2) is 29.3 Å². The molecule has 4 unspecified atom stereocenters. The maximum atomic E-state index is 13.2. The number of aliphatic imine (C=N–C) groups is 1. The Bertz CT molecular complexity index is 1080. The number of phenols is 1. The molecule has 16 nitrogen and oxygen atoms in total. The van der Waals surface area contributed by atoms with Crippen molar-refractivity contribution in [3.63, 3.8) is 0 Å². The summed E-state index contributed by atoms with van der Waals surface area (Å²) in [6, 6.07) is 1.05. The Morgan fingerprint density at radius 2 is 1.36 bits per heavy atom. The molecular weight excluding hydrogens is 550 g/mol. The van der Waals surface area contributed by atoms with E-state index in [1.165, 1.54) is 24.3 Å². The van der Waals surface area contributed by atoms with E-state index in [1.54, 1.807) is 0 Å². The van der Waals surface area contributed by atoms with Gasteiger partial charge in [-0.05, 0) is 62.8 Å². The molecule has 0 heterocycles. The fourth-order valence-corrected chi connectivity index (χ4v) is 3.86. The molecule has 42 heavy (non-hydrogen) atoms. The molecule has 16 heteroatoms. The van der Waals surface area contributed by atoms with Crippen molar-refractivity contribution in [3.8, 4) is 5.75 Å². The van der Waals surface area contributed by atoms with Crippen LogP contribution in [0.4, 0.5) is 0 Å². The molecule has 0 saturated carbocycles. The van der Waals surface area contributed by atoms with Crippen LogP contribution in [0.2, 0.25) is 0 Å². The van der Waals surface area contributed by atoms with E-state index in [0.717, 1.165) is 0 Å². The number of carbonyl (C=O) groups excluding carboxylic acids is 4. The second-order valence-corrected chi connectivity index (χ2v) is 9.74. The number of nitrogens with one attached hydrogen (secondary N) is 3. The van der Waals surface area contributed by atoms with Gasteiger partial charge in [0.1, 0.15) is 23.9 Å². The van der Waals surface area contributed by atoms with Gasteiger partial charge in [-0.25, -0.2) is 4.79 Å². The number of carboxylic acids is 1. The smallest absolute Gasteiger partial charge is 0.326 e. The van der Waals surface area contributed by atoms with E-state index in [2.05, 4.69) is 20.9 Å². The Labute approximate surface area is 243 Å². The number of phenolic OH excluding ortho intramolecular Hbond substituents is 1. The lowest BCUT2D eigenvalue weighted by Crippen LogP contribution is -2.57. The first-order valence-corrected chi connectivity index (χ1v) is 13.5. The molecule has 0 spiro atoms. The highest BCUT2D eigenvalue weighted by molar-refractivity contribution is 5.94. The first-order valence-electron chi connectivity index (χ1n) is 13.5. The zero-order chi connectivity index (χ0) is 31.7. The summed E-state index contributed by atoms with van der Waals surface area (Å²) in [5.74, 6) is -4.33. The fraction of sp³-hybridized carbons (Fsp3) is 0.538. The van der Waals surface area contributed by atoms with E-state index in [-0.39, 0.29) is 50.4 Å². The highest BCUT2D eigenvalue weighted by Crippen LogP contribution is 2.12. The molecule has 0 aliphatic carbocycles. The minimum atomic E-state index is -1.33. The molecule has 4 atom stereocenters. The average Bonchev–Trinajstić information content (AvgIpc) is 2.92.